The minimum Gasteiger partial charge on any atom is -0.330 e. The third kappa shape index (κ3) is 1.56. The maximum absolute atomic E-state index is 5.50. The Morgan fingerprint density at radius 3 is 2.50 bits per heavy atom. The molecule has 0 bridgehead atoms. The van der Waals surface area contributed by atoms with Crippen LogP contribution >= 0.6 is 11.3 Å². The van der Waals surface area contributed by atoms with Crippen molar-refractivity contribution in [2.45, 2.75) is 5.92 Å². The maximum Gasteiger partial charge on any atom is 0.00923 e. The largest absolute Gasteiger partial charge is 0.330 e. The van der Waals surface area contributed by atoms with Crippen molar-refractivity contribution < 1.29 is 0 Å². The summed E-state index contributed by atoms with van der Waals surface area (Å²) in [4.78, 5) is 0. The monoisotopic (exact) mass is 156 g/mol. The van der Waals surface area contributed by atoms with E-state index in [0.717, 1.165) is 0 Å². The predicted octanol–water partition coefficient (Wildman–Crippen LogP) is 0.749. The Kier molecular flexibility index (Phi) is 2.86. The van der Waals surface area contributed by atoms with Gasteiger partial charge in [-0.15, -0.1) is 0 Å². The number of hydrogen-bond donors (Lipinski definition) is 2. The summed E-state index contributed by atoms with van der Waals surface area (Å²) in [6.45, 7) is 1.29. The minimum atomic E-state index is 0.353. The van der Waals surface area contributed by atoms with Gasteiger partial charge in [0.05, 0.1) is 0 Å². The molecule has 1 heterocycles. The van der Waals surface area contributed by atoms with E-state index < -0.39 is 0 Å². The lowest BCUT2D eigenvalue weighted by Crippen LogP contribution is -2.20. The van der Waals surface area contributed by atoms with Crippen molar-refractivity contribution in [3.63, 3.8) is 0 Å². The molecule has 0 unspecified atom stereocenters. The minimum absolute atomic E-state index is 0.353. The van der Waals surface area contributed by atoms with E-state index in [4.69, 9.17) is 11.5 Å². The smallest absolute Gasteiger partial charge is 0.00923 e. The Balaban J connectivity index is 2.64. The highest BCUT2D eigenvalue weighted by Crippen LogP contribution is 2.15. The molecule has 2 nitrogen and oxygen atoms in total. The first kappa shape index (κ1) is 7.72. The van der Waals surface area contributed by atoms with Crippen LogP contribution in [0.5, 0.6) is 0 Å². The molecule has 0 atom stereocenters. The van der Waals surface area contributed by atoms with Gasteiger partial charge in [0.1, 0.15) is 0 Å². The molecule has 56 valence electrons. The van der Waals surface area contributed by atoms with Crippen LogP contribution in [0.2, 0.25) is 0 Å². The highest BCUT2D eigenvalue weighted by molar-refractivity contribution is 7.07. The summed E-state index contributed by atoms with van der Waals surface area (Å²) >= 11 is 1.69. The number of thiophene rings is 1. The van der Waals surface area contributed by atoms with Crippen LogP contribution in [-0.4, -0.2) is 13.1 Å². The van der Waals surface area contributed by atoms with Gasteiger partial charge in [-0.25, -0.2) is 0 Å². The van der Waals surface area contributed by atoms with Crippen LogP contribution in [0.3, 0.4) is 0 Å². The van der Waals surface area contributed by atoms with Crippen molar-refractivity contribution in [2.75, 3.05) is 13.1 Å². The van der Waals surface area contributed by atoms with Gasteiger partial charge in [-0.05, 0) is 22.4 Å². The summed E-state index contributed by atoms with van der Waals surface area (Å²) in [6.07, 6.45) is 0. The lowest BCUT2D eigenvalue weighted by Gasteiger charge is -2.08. The molecule has 10 heavy (non-hydrogen) atoms. The highest BCUT2D eigenvalue weighted by Gasteiger charge is 2.05. The Bertz CT molecular complexity index is 168. The zero-order valence-corrected chi connectivity index (χ0v) is 6.60. The van der Waals surface area contributed by atoms with Gasteiger partial charge in [0, 0.05) is 19.0 Å². The highest BCUT2D eigenvalue weighted by atomic mass is 32.1. The molecule has 0 aliphatic carbocycles. The van der Waals surface area contributed by atoms with Gasteiger partial charge >= 0.3 is 0 Å². The molecule has 1 rings (SSSR count). The third-order valence-electron chi connectivity index (χ3n) is 1.58. The molecule has 4 N–H and O–H groups in total. The van der Waals surface area contributed by atoms with Gasteiger partial charge in [0.25, 0.3) is 0 Å². The van der Waals surface area contributed by atoms with Gasteiger partial charge in [0.15, 0.2) is 0 Å². The fourth-order valence-corrected chi connectivity index (χ4v) is 1.62. The molecule has 1 aromatic heterocycles. The average Bonchev–Trinajstić information content (AvgIpc) is 2.43. The predicted molar refractivity (Wildman–Crippen MR) is 45.2 cm³/mol. The fraction of sp³-hybridized carbons (Fsp3) is 0.429. The van der Waals surface area contributed by atoms with Crippen LogP contribution in [0.15, 0.2) is 16.8 Å². The molecule has 0 aliphatic rings. The lowest BCUT2D eigenvalue weighted by atomic mass is 10.0. The number of rotatable bonds is 3. The Hall–Kier alpha value is -0.380. The van der Waals surface area contributed by atoms with E-state index in [-0.39, 0.29) is 0 Å². The molecule has 3 heteroatoms. The van der Waals surface area contributed by atoms with Crippen molar-refractivity contribution in [1.29, 1.82) is 0 Å². The summed E-state index contributed by atoms with van der Waals surface area (Å²) in [5.74, 6) is 0.353. The first-order valence-electron chi connectivity index (χ1n) is 3.30. The van der Waals surface area contributed by atoms with Gasteiger partial charge in [-0.3, -0.25) is 0 Å². The van der Waals surface area contributed by atoms with E-state index >= 15 is 0 Å². The number of hydrogen-bond acceptors (Lipinski definition) is 3. The van der Waals surface area contributed by atoms with Crippen molar-refractivity contribution in [3.8, 4) is 0 Å². The molecule has 0 aliphatic heterocycles. The van der Waals surface area contributed by atoms with E-state index in [1.54, 1.807) is 11.3 Å². The molecule has 0 saturated heterocycles. The van der Waals surface area contributed by atoms with Crippen LogP contribution in [0.25, 0.3) is 0 Å². The summed E-state index contributed by atoms with van der Waals surface area (Å²) < 4.78 is 0. The molecule has 0 aromatic carbocycles. The van der Waals surface area contributed by atoms with Crippen LogP contribution in [0, 0.1) is 0 Å². The van der Waals surface area contributed by atoms with E-state index in [1.165, 1.54) is 5.56 Å². The standard InChI is InChI=1S/C7H12N2S/c8-3-7(4-9)6-1-2-10-5-6/h1-2,5,7H,3-4,8-9H2. The normalized spacial score (nSPS) is 10.7. The molecular formula is C7H12N2S. The summed E-state index contributed by atoms with van der Waals surface area (Å²) in [6, 6.07) is 2.08. The first-order valence-corrected chi connectivity index (χ1v) is 4.25. The second-order valence-electron chi connectivity index (χ2n) is 2.23. The molecule has 0 radical (unpaired) electrons. The summed E-state index contributed by atoms with van der Waals surface area (Å²) in [5, 5.41) is 4.15. The van der Waals surface area contributed by atoms with Crippen LogP contribution < -0.4 is 11.5 Å². The zero-order chi connectivity index (χ0) is 7.40. The molecular weight excluding hydrogens is 144 g/mol. The van der Waals surface area contributed by atoms with E-state index in [9.17, 15) is 0 Å². The van der Waals surface area contributed by atoms with Crippen LogP contribution in [0.4, 0.5) is 0 Å². The van der Waals surface area contributed by atoms with Crippen molar-refractivity contribution >= 4 is 11.3 Å². The van der Waals surface area contributed by atoms with Crippen molar-refractivity contribution in [1.82, 2.24) is 0 Å². The van der Waals surface area contributed by atoms with Gasteiger partial charge < -0.3 is 11.5 Å². The van der Waals surface area contributed by atoms with Crippen LogP contribution in [-0.2, 0) is 0 Å². The topological polar surface area (TPSA) is 52.0 Å². The maximum atomic E-state index is 5.50. The van der Waals surface area contributed by atoms with E-state index in [2.05, 4.69) is 11.4 Å². The fourth-order valence-electron chi connectivity index (χ4n) is 0.876. The zero-order valence-electron chi connectivity index (χ0n) is 5.79. The van der Waals surface area contributed by atoms with Crippen molar-refractivity contribution in [3.05, 3.63) is 22.4 Å². The van der Waals surface area contributed by atoms with E-state index in [1.807, 2.05) is 5.38 Å². The third-order valence-corrected chi connectivity index (χ3v) is 2.29. The quantitative estimate of drug-likeness (QED) is 0.678. The Morgan fingerprint density at radius 1 is 1.40 bits per heavy atom. The summed E-state index contributed by atoms with van der Waals surface area (Å²) in [5.41, 5.74) is 12.3. The average molecular weight is 156 g/mol. The lowest BCUT2D eigenvalue weighted by molar-refractivity contribution is 0.711. The van der Waals surface area contributed by atoms with Crippen LogP contribution in [0.1, 0.15) is 11.5 Å². The van der Waals surface area contributed by atoms with Gasteiger partial charge in [-0.1, -0.05) is 0 Å². The summed E-state index contributed by atoms with van der Waals surface area (Å²) in [7, 11) is 0. The SMILES string of the molecule is NCC(CN)c1ccsc1. The molecule has 0 saturated carbocycles. The molecule has 0 spiro atoms. The van der Waals surface area contributed by atoms with E-state index in [0.29, 0.717) is 19.0 Å². The molecule has 1 aromatic rings. The van der Waals surface area contributed by atoms with Gasteiger partial charge in [-0.2, -0.15) is 11.3 Å². The Labute approximate surface area is 64.8 Å². The second-order valence-corrected chi connectivity index (χ2v) is 3.01. The Morgan fingerprint density at radius 2 is 2.10 bits per heavy atom. The van der Waals surface area contributed by atoms with Gasteiger partial charge in [0.2, 0.25) is 0 Å². The van der Waals surface area contributed by atoms with Crippen molar-refractivity contribution in [2.24, 2.45) is 11.5 Å². The first-order chi connectivity index (χ1) is 4.88. The molecule has 0 fully saturated rings. The second kappa shape index (κ2) is 3.71. The molecule has 0 amide bonds. The number of nitrogens with two attached hydrogens (primary N) is 2.